The van der Waals surface area contributed by atoms with Crippen molar-refractivity contribution in [3.05, 3.63) is 76.7 Å². The van der Waals surface area contributed by atoms with Gasteiger partial charge in [-0.15, -0.1) is 11.3 Å². The molecule has 11 heteroatoms. The minimum absolute atomic E-state index is 0.0807. The first-order valence-electron chi connectivity index (χ1n) is 14.1. The maximum absolute atomic E-state index is 13.4. The van der Waals surface area contributed by atoms with E-state index in [0.717, 1.165) is 15.6 Å². The molecule has 8 nitrogen and oxygen atoms in total. The molecule has 0 saturated carbocycles. The molecule has 0 atom stereocenters. The van der Waals surface area contributed by atoms with Crippen LogP contribution in [0.25, 0.3) is 10.1 Å². The predicted octanol–water partition coefficient (Wildman–Crippen LogP) is 6.60. The van der Waals surface area contributed by atoms with Crippen molar-refractivity contribution in [3.63, 3.8) is 0 Å². The Balaban J connectivity index is 1.06. The summed E-state index contributed by atoms with van der Waals surface area (Å²) in [7, 11) is 0. The summed E-state index contributed by atoms with van der Waals surface area (Å²) in [6.07, 6.45) is 0.574. The second-order valence-electron chi connectivity index (χ2n) is 10.7. The van der Waals surface area contributed by atoms with Crippen LogP contribution in [0.15, 0.2) is 60.7 Å². The van der Waals surface area contributed by atoms with E-state index >= 15 is 0 Å². The average molecular weight is 608 g/mol. The van der Waals surface area contributed by atoms with Gasteiger partial charge in [0.05, 0.1) is 18.0 Å². The van der Waals surface area contributed by atoms with E-state index in [1.807, 2.05) is 37.3 Å². The third kappa shape index (κ3) is 6.89. The Hall–Kier alpha value is -4.22. The standard InChI is InChI=1S/C32H31F2N3O5S/c1-20-3-6-23(35-30(38)22-5-8-26-27(15-22)42-14-13-41-26)17-25(20)36-31(39)29-16-21-4-7-24(18-28(21)43-29)40-12-2-10-37-11-9-32(33,34)19-37/h3-8,15-18H,2,9-14,19H2,1H3,(H,35,38)(H,36,39). The van der Waals surface area contributed by atoms with Crippen LogP contribution in [0.1, 0.15) is 38.4 Å². The number of nitrogens with zero attached hydrogens (tertiary/aromatic N) is 1. The highest BCUT2D eigenvalue weighted by atomic mass is 32.1. The predicted molar refractivity (Wildman–Crippen MR) is 162 cm³/mol. The molecule has 1 fully saturated rings. The van der Waals surface area contributed by atoms with E-state index in [1.54, 1.807) is 35.2 Å². The van der Waals surface area contributed by atoms with E-state index < -0.39 is 5.92 Å². The second-order valence-corrected chi connectivity index (χ2v) is 11.8. The van der Waals surface area contributed by atoms with Crippen LogP contribution in [-0.2, 0) is 0 Å². The minimum Gasteiger partial charge on any atom is -0.493 e. The van der Waals surface area contributed by atoms with Gasteiger partial charge in [0, 0.05) is 41.1 Å². The Kier molecular flexibility index (Phi) is 8.18. The van der Waals surface area contributed by atoms with Crippen LogP contribution < -0.4 is 24.8 Å². The van der Waals surface area contributed by atoms with Crippen molar-refractivity contribution in [2.45, 2.75) is 25.7 Å². The molecule has 0 bridgehead atoms. The average Bonchev–Trinajstić information content (AvgIpc) is 3.58. The first-order valence-corrected chi connectivity index (χ1v) is 14.9. The highest BCUT2D eigenvalue weighted by Gasteiger charge is 2.37. The van der Waals surface area contributed by atoms with Gasteiger partial charge in [-0.1, -0.05) is 6.07 Å². The third-order valence-electron chi connectivity index (χ3n) is 7.40. The molecule has 2 aliphatic rings. The Labute approximate surface area is 251 Å². The molecule has 2 amide bonds. The van der Waals surface area contributed by atoms with Crippen LogP contribution in [0.4, 0.5) is 20.2 Å². The fourth-order valence-corrected chi connectivity index (χ4v) is 6.08. The van der Waals surface area contributed by atoms with Gasteiger partial charge in [0.15, 0.2) is 11.5 Å². The zero-order chi connectivity index (χ0) is 30.0. The Morgan fingerprint density at radius 3 is 2.63 bits per heavy atom. The van der Waals surface area contributed by atoms with Crippen molar-refractivity contribution in [2.24, 2.45) is 0 Å². The molecule has 1 aromatic heterocycles. The molecule has 2 N–H and O–H groups in total. The number of alkyl halides is 2. The number of benzene rings is 3. The fraction of sp³-hybridized carbons (Fsp3) is 0.312. The van der Waals surface area contributed by atoms with Gasteiger partial charge in [-0.3, -0.25) is 14.5 Å². The zero-order valence-corrected chi connectivity index (χ0v) is 24.4. The highest BCUT2D eigenvalue weighted by Crippen LogP contribution is 2.33. The molecular weight excluding hydrogens is 576 g/mol. The summed E-state index contributed by atoms with van der Waals surface area (Å²) >= 11 is 1.35. The van der Waals surface area contributed by atoms with Crippen molar-refractivity contribution in [2.75, 3.05) is 50.1 Å². The SMILES string of the molecule is Cc1ccc(NC(=O)c2ccc3c(c2)OCCO3)cc1NC(=O)c1cc2ccc(OCCCN3CCC(F)(F)C3)cc2s1. The number of hydrogen-bond acceptors (Lipinski definition) is 7. The molecule has 0 spiro atoms. The maximum atomic E-state index is 13.4. The summed E-state index contributed by atoms with van der Waals surface area (Å²) in [6.45, 7) is 4.02. The van der Waals surface area contributed by atoms with Crippen LogP contribution in [0.2, 0.25) is 0 Å². The van der Waals surface area contributed by atoms with Gasteiger partial charge in [-0.05, 0) is 78.9 Å². The van der Waals surface area contributed by atoms with E-state index in [4.69, 9.17) is 14.2 Å². The zero-order valence-electron chi connectivity index (χ0n) is 23.6. The monoisotopic (exact) mass is 607 g/mol. The molecule has 0 unspecified atom stereocenters. The fourth-order valence-electron chi connectivity index (χ4n) is 5.10. The summed E-state index contributed by atoms with van der Waals surface area (Å²) in [5.74, 6) is -1.34. The summed E-state index contributed by atoms with van der Waals surface area (Å²) in [6, 6.07) is 17.8. The van der Waals surface area contributed by atoms with E-state index in [1.165, 1.54) is 11.3 Å². The Morgan fingerprint density at radius 1 is 0.977 bits per heavy atom. The van der Waals surface area contributed by atoms with E-state index in [0.29, 0.717) is 78.4 Å². The number of likely N-dealkylation sites (tertiary alicyclic amines) is 1. The van der Waals surface area contributed by atoms with E-state index in [-0.39, 0.29) is 24.8 Å². The number of nitrogens with one attached hydrogen (secondary N) is 2. The van der Waals surface area contributed by atoms with Crippen LogP contribution in [0.3, 0.4) is 0 Å². The van der Waals surface area contributed by atoms with Crippen molar-refractivity contribution in [1.29, 1.82) is 0 Å². The van der Waals surface area contributed by atoms with Crippen LogP contribution in [0.5, 0.6) is 17.2 Å². The molecule has 6 rings (SSSR count). The summed E-state index contributed by atoms with van der Waals surface area (Å²) in [4.78, 5) is 28.4. The van der Waals surface area contributed by atoms with Crippen molar-refractivity contribution >= 4 is 44.6 Å². The number of hydrogen-bond donors (Lipinski definition) is 2. The highest BCUT2D eigenvalue weighted by molar-refractivity contribution is 7.20. The first kappa shape index (κ1) is 28.9. The van der Waals surface area contributed by atoms with Gasteiger partial charge >= 0.3 is 0 Å². The molecule has 3 aromatic carbocycles. The van der Waals surface area contributed by atoms with Gasteiger partial charge in [0.1, 0.15) is 19.0 Å². The van der Waals surface area contributed by atoms with Gasteiger partial charge in [-0.25, -0.2) is 8.78 Å². The van der Waals surface area contributed by atoms with Crippen molar-refractivity contribution in [1.82, 2.24) is 4.90 Å². The van der Waals surface area contributed by atoms with Gasteiger partial charge in [0.25, 0.3) is 17.7 Å². The number of anilines is 2. The number of ether oxygens (including phenoxy) is 3. The van der Waals surface area contributed by atoms with Crippen LogP contribution >= 0.6 is 11.3 Å². The lowest BCUT2D eigenvalue weighted by Gasteiger charge is -2.18. The second kappa shape index (κ2) is 12.2. The summed E-state index contributed by atoms with van der Waals surface area (Å²) in [5.41, 5.74) is 2.40. The molecule has 43 heavy (non-hydrogen) atoms. The third-order valence-corrected chi connectivity index (χ3v) is 8.50. The van der Waals surface area contributed by atoms with Crippen molar-refractivity contribution < 1.29 is 32.6 Å². The number of thiophene rings is 1. The lowest BCUT2D eigenvalue weighted by molar-refractivity contribution is 0.0118. The molecule has 2 aliphatic heterocycles. The lowest BCUT2D eigenvalue weighted by Crippen LogP contribution is -2.27. The molecule has 4 aromatic rings. The molecule has 1 saturated heterocycles. The molecule has 0 aliphatic carbocycles. The number of carbonyl (C=O) groups excluding carboxylic acids is 2. The largest absolute Gasteiger partial charge is 0.493 e. The van der Waals surface area contributed by atoms with Crippen molar-refractivity contribution in [3.8, 4) is 17.2 Å². The first-order chi connectivity index (χ1) is 20.7. The van der Waals surface area contributed by atoms with Crippen LogP contribution in [0, 0.1) is 6.92 Å². The number of carbonyl (C=O) groups is 2. The molecule has 224 valence electrons. The number of halogens is 2. The minimum atomic E-state index is -2.58. The molecule has 0 radical (unpaired) electrons. The Bertz CT molecular complexity index is 1670. The number of fused-ring (bicyclic) bond motifs is 2. The van der Waals surface area contributed by atoms with Gasteiger partial charge in [0.2, 0.25) is 0 Å². The van der Waals surface area contributed by atoms with Crippen LogP contribution in [-0.4, -0.2) is 62.1 Å². The van der Waals surface area contributed by atoms with E-state index in [2.05, 4.69) is 10.6 Å². The van der Waals surface area contributed by atoms with E-state index in [9.17, 15) is 18.4 Å². The normalized spacial score (nSPS) is 15.8. The number of amides is 2. The Morgan fingerprint density at radius 2 is 1.81 bits per heavy atom. The maximum Gasteiger partial charge on any atom is 0.265 e. The lowest BCUT2D eigenvalue weighted by atomic mass is 10.1. The smallest absolute Gasteiger partial charge is 0.265 e. The topological polar surface area (TPSA) is 89.1 Å². The van der Waals surface area contributed by atoms with Gasteiger partial charge in [-0.2, -0.15) is 0 Å². The molecular formula is C32H31F2N3O5S. The molecule has 3 heterocycles. The summed E-state index contributed by atoms with van der Waals surface area (Å²) < 4.78 is 44.6. The number of rotatable bonds is 9. The quantitative estimate of drug-likeness (QED) is 0.209. The van der Waals surface area contributed by atoms with Gasteiger partial charge < -0.3 is 24.8 Å². The summed E-state index contributed by atoms with van der Waals surface area (Å²) in [5, 5.41) is 6.76. The number of aryl methyl sites for hydroxylation is 1.